The van der Waals surface area contributed by atoms with Gasteiger partial charge in [-0.3, -0.25) is 4.90 Å². The predicted molar refractivity (Wildman–Crippen MR) is 85.4 cm³/mol. The van der Waals surface area contributed by atoms with E-state index >= 15 is 0 Å². The summed E-state index contributed by atoms with van der Waals surface area (Å²) < 4.78 is 0. The third kappa shape index (κ3) is 2.84. The van der Waals surface area contributed by atoms with Crippen molar-refractivity contribution in [2.45, 2.75) is 38.6 Å². The highest BCUT2D eigenvalue weighted by atomic mass is 15.3. The van der Waals surface area contributed by atoms with Gasteiger partial charge in [0, 0.05) is 24.8 Å². The molecule has 0 bridgehead atoms. The van der Waals surface area contributed by atoms with E-state index in [4.69, 9.17) is 5.73 Å². The van der Waals surface area contributed by atoms with Crippen molar-refractivity contribution in [1.29, 1.82) is 0 Å². The number of nitrogens with zero attached hydrogens (tertiary/aromatic N) is 2. The molecule has 3 rings (SSSR count). The molecule has 2 heterocycles. The van der Waals surface area contributed by atoms with Gasteiger partial charge in [-0.15, -0.1) is 0 Å². The first-order chi connectivity index (χ1) is 9.78. The molecule has 2 saturated heterocycles. The predicted octanol–water partition coefficient (Wildman–Crippen LogP) is 2.17. The zero-order valence-corrected chi connectivity index (χ0v) is 12.6. The molecule has 2 aliphatic heterocycles. The van der Waals surface area contributed by atoms with E-state index in [9.17, 15) is 0 Å². The van der Waals surface area contributed by atoms with Crippen LogP contribution in [0.5, 0.6) is 0 Å². The molecule has 1 atom stereocenters. The van der Waals surface area contributed by atoms with Crippen molar-refractivity contribution < 1.29 is 0 Å². The molecule has 1 unspecified atom stereocenters. The summed E-state index contributed by atoms with van der Waals surface area (Å²) in [6.07, 6.45) is 5.09. The molecule has 0 saturated carbocycles. The molecule has 0 radical (unpaired) electrons. The van der Waals surface area contributed by atoms with Crippen LogP contribution in [0.15, 0.2) is 18.2 Å². The van der Waals surface area contributed by atoms with Crippen LogP contribution in [0.1, 0.15) is 30.4 Å². The maximum absolute atomic E-state index is 5.64. The fraction of sp³-hybridized carbons (Fsp3) is 0.647. The second-order valence-corrected chi connectivity index (χ2v) is 6.29. The van der Waals surface area contributed by atoms with Crippen LogP contribution < -0.4 is 10.6 Å². The zero-order valence-electron chi connectivity index (χ0n) is 12.6. The normalized spacial score (nSPS) is 23.7. The molecule has 3 nitrogen and oxygen atoms in total. The number of aryl methyl sites for hydroxylation is 1. The van der Waals surface area contributed by atoms with Crippen molar-refractivity contribution in [3.8, 4) is 0 Å². The highest BCUT2D eigenvalue weighted by molar-refractivity contribution is 5.55. The second kappa shape index (κ2) is 6.15. The van der Waals surface area contributed by atoms with Crippen LogP contribution in [0, 0.1) is 6.92 Å². The van der Waals surface area contributed by atoms with Crippen LogP contribution in [0.4, 0.5) is 5.69 Å². The monoisotopic (exact) mass is 273 g/mol. The molecule has 110 valence electrons. The number of anilines is 1. The molecular weight excluding hydrogens is 246 g/mol. The van der Waals surface area contributed by atoms with Crippen molar-refractivity contribution in [1.82, 2.24) is 4.90 Å². The Morgan fingerprint density at radius 3 is 2.70 bits per heavy atom. The molecule has 0 aliphatic carbocycles. The number of benzene rings is 1. The Bertz CT molecular complexity index is 452. The van der Waals surface area contributed by atoms with Crippen molar-refractivity contribution in [2.75, 3.05) is 37.6 Å². The van der Waals surface area contributed by atoms with Gasteiger partial charge in [-0.2, -0.15) is 0 Å². The third-order valence-electron chi connectivity index (χ3n) is 4.86. The fourth-order valence-corrected chi connectivity index (χ4v) is 3.76. The molecule has 1 aromatic rings. The molecule has 0 spiro atoms. The third-order valence-corrected chi connectivity index (χ3v) is 4.86. The van der Waals surface area contributed by atoms with Crippen molar-refractivity contribution in [3.05, 3.63) is 29.3 Å². The van der Waals surface area contributed by atoms with E-state index in [1.165, 1.54) is 62.3 Å². The average molecular weight is 273 g/mol. The van der Waals surface area contributed by atoms with Crippen LogP contribution in [0.25, 0.3) is 0 Å². The van der Waals surface area contributed by atoms with Crippen LogP contribution in [-0.4, -0.2) is 43.7 Å². The lowest BCUT2D eigenvalue weighted by Gasteiger charge is -2.25. The summed E-state index contributed by atoms with van der Waals surface area (Å²) in [6.45, 7) is 8.01. The van der Waals surface area contributed by atoms with E-state index in [1.807, 2.05) is 0 Å². The minimum Gasteiger partial charge on any atom is -0.370 e. The van der Waals surface area contributed by atoms with Crippen LogP contribution in [-0.2, 0) is 6.42 Å². The zero-order chi connectivity index (χ0) is 13.9. The number of rotatable bonds is 4. The average Bonchev–Trinajstić information content (AvgIpc) is 3.10. The number of hydrogen-bond donors (Lipinski definition) is 1. The van der Waals surface area contributed by atoms with Crippen molar-refractivity contribution in [2.24, 2.45) is 5.73 Å². The van der Waals surface area contributed by atoms with E-state index in [2.05, 4.69) is 34.9 Å². The van der Waals surface area contributed by atoms with Gasteiger partial charge in [-0.1, -0.05) is 12.1 Å². The lowest BCUT2D eigenvalue weighted by Crippen LogP contribution is -2.35. The maximum atomic E-state index is 5.64. The lowest BCUT2D eigenvalue weighted by molar-refractivity contribution is 0.260. The van der Waals surface area contributed by atoms with E-state index in [1.54, 1.807) is 0 Å². The summed E-state index contributed by atoms with van der Waals surface area (Å²) in [5.74, 6) is 0. The molecule has 3 heteroatoms. The highest BCUT2D eigenvalue weighted by Gasteiger charge is 2.29. The minimum absolute atomic E-state index is 0.736. The summed E-state index contributed by atoms with van der Waals surface area (Å²) in [4.78, 5) is 5.27. The van der Waals surface area contributed by atoms with Gasteiger partial charge < -0.3 is 10.6 Å². The Labute approximate surface area is 122 Å². The molecule has 0 aromatic heterocycles. The first kappa shape index (κ1) is 13.9. The van der Waals surface area contributed by atoms with Crippen LogP contribution in [0.2, 0.25) is 0 Å². The van der Waals surface area contributed by atoms with Gasteiger partial charge in [0.05, 0.1) is 0 Å². The summed E-state index contributed by atoms with van der Waals surface area (Å²) in [6, 6.07) is 7.64. The Morgan fingerprint density at radius 2 is 2.00 bits per heavy atom. The van der Waals surface area contributed by atoms with Gasteiger partial charge >= 0.3 is 0 Å². The lowest BCUT2D eigenvalue weighted by atomic mass is 10.1. The quantitative estimate of drug-likeness (QED) is 0.912. The Morgan fingerprint density at radius 1 is 1.20 bits per heavy atom. The topological polar surface area (TPSA) is 32.5 Å². The minimum atomic E-state index is 0.736. The Kier molecular flexibility index (Phi) is 4.27. The van der Waals surface area contributed by atoms with Crippen LogP contribution >= 0.6 is 0 Å². The summed E-state index contributed by atoms with van der Waals surface area (Å²) in [5.41, 5.74) is 9.83. The molecule has 1 aromatic carbocycles. The fourth-order valence-electron chi connectivity index (χ4n) is 3.76. The van der Waals surface area contributed by atoms with E-state index < -0.39 is 0 Å². The first-order valence-electron chi connectivity index (χ1n) is 8.06. The molecule has 0 amide bonds. The molecule has 2 N–H and O–H groups in total. The number of likely N-dealkylation sites (tertiary alicyclic amines) is 1. The Balaban J connectivity index is 1.67. The smallest absolute Gasteiger partial charge is 0.0396 e. The van der Waals surface area contributed by atoms with Gasteiger partial charge in [-0.05, 0) is 69.4 Å². The molecular formula is C17H27N3. The van der Waals surface area contributed by atoms with Gasteiger partial charge in [0.1, 0.15) is 0 Å². The standard InChI is InChI=1S/C17H27N3/c1-14-12-15(6-8-18)4-5-17(14)20-11-7-16(13-20)19-9-2-3-10-19/h4-5,12,16H,2-3,6-11,13,18H2,1H3. The second-order valence-electron chi connectivity index (χ2n) is 6.29. The summed E-state index contributed by atoms with van der Waals surface area (Å²) in [5, 5.41) is 0. The van der Waals surface area contributed by atoms with Gasteiger partial charge in [0.15, 0.2) is 0 Å². The number of hydrogen-bond acceptors (Lipinski definition) is 3. The largest absolute Gasteiger partial charge is 0.370 e. The van der Waals surface area contributed by atoms with Gasteiger partial charge in [0.25, 0.3) is 0 Å². The SMILES string of the molecule is Cc1cc(CCN)ccc1N1CCC(N2CCCC2)C1. The van der Waals surface area contributed by atoms with Crippen molar-refractivity contribution in [3.63, 3.8) is 0 Å². The highest BCUT2D eigenvalue weighted by Crippen LogP contribution is 2.28. The van der Waals surface area contributed by atoms with E-state index in [0.717, 1.165) is 19.0 Å². The maximum Gasteiger partial charge on any atom is 0.0396 e. The summed E-state index contributed by atoms with van der Waals surface area (Å²) >= 11 is 0. The Hall–Kier alpha value is -1.06. The molecule has 2 aliphatic rings. The van der Waals surface area contributed by atoms with Crippen LogP contribution in [0.3, 0.4) is 0 Å². The van der Waals surface area contributed by atoms with Gasteiger partial charge in [0.2, 0.25) is 0 Å². The van der Waals surface area contributed by atoms with Gasteiger partial charge in [-0.25, -0.2) is 0 Å². The van der Waals surface area contributed by atoms with E-state index in [-0.39, 0.29) is 0 Å². The molecule has 20 heavy (non-hydrogen) atoms. The van der Waals surface area contributed by atoms with E-state index in [0.29, 0.717) is 0 Å². The van der Waals surface area contributed by atoms with Crippen molar-refractivity contribution >= 4 is 5.69 Å². The summed E-state index contributed by atoms with van der Waals surface area (Å²) in [7, 11) is 0. The first-order valence-corrected chi connectivity index (χ1v) is 8.06. The number of nitrogens with two attached hydrogens (primary N) is 1. The molecule has 2 fully saturated rings.